The van der Waals surface area contributed by atoms with Crippen LogP contribution in [0.25, 0.3) is 0 Å². The molecule has 0 N–H and O–H groups in total. The van der Waals surface area contributed by atoms with E-state index in [1.807, 2.05) is 0 Å². The molecule has 0 aromatic rings. The SMILES string of the molecule is C=C1[C@@H](C)[C@H]1C. The van der Waals surface area contributed by atoms with Gasteiger partial charge in [-0.25, -0.2) is 0 Å². The number of hydrogen-bond acceptors (Lipinski definition) is 0. The second-order valence-corrected chi connectivity index (χ2v) is 2.15. The third-order valence-corrected chi connectivity index (χ3v) is 1.81. The lowest BCUT2D eigenvalue weighted by Gasteiger charge is -1.65. The van der Waals surface area contributed by atoms with Gasteiger partial charge in [0.2, 0.25) is 0 Å². The smallest absolute Gasteiger partial charge is 0.0168 e. The molecule has 2 atom stereocenters. The van der Waals surface area contributed by atoms with Gasteiger partial charge in [0.25, 0.3) is 0 Å². The van der Waals surface area contributed by atoms with Crippen molar-refractivity contribution in [1.82, 2.24) is 0 Å². The zero-order chi connectivity index (χ0) is 4.73. The van der Waals surface area contributed by atoms with Crippen LogP contribution in [0.15, 0.2) is 12.2 Å². The third-order valence-electron chi connectivity index (χ3n) is 1.81. The van der Waals surface area contributed by atoms with E-state index in [1.54, 1.807) is 0 Å². The molecule has 6 heavy (non-hydrogen) atoms. The predicted molar refractivity (Wildman–Crippen MR) is 27.5 cm³/mol. The van der Waals surface area contributed by atoms with E-state index in [0.717, 1.165) is 11.8 Å². The minimum absolute atomic E-state index is 0.824. The normalized spacial score (nSPS) is 43.3. The van der Waals surface area contributed by atoms with E-state index in [9.17, 15) is 0 Å². The largest absolute Gasteiger partial charge is 0.0993 e. The molecular weight excluding hydrogens is 72.1 g/mol. The number of hydrogen-bond donors (Lipinski definition) is 0. The van der Waals surface area contributed by atoms with Gasteiger partial charge in [0, 0.05) is 0 Å². The fourth-order valence-electron chi connectivity index (χ4n) is 0.654. The Morgan fingerprint density at radius 2 is 1.50 bits per heavy atom. The van der Waals surface area contributed by atoms with Crippen LogP contribution in [0.3, 0.4) is 0 Å². The van der Waals surface area contributed by atoms with Crippen molar-refractivity contribution in [1.29, 1.82) is 0 Å². The average Bonchev–Trinajstić information content (AvgIpc) is 1.94. The highest BCUT2D eigenvalue weighted by Crippen LogP contribution is 2.42. The van der Waals surface area contributed by atoms with Gasteiger partial charge in [-0.1, -0.05) is 26.0 Å². The highest BCUT2D eigenvalue weighted by Gasteiger charge is 2.32. The molecular formula is C6H10. The van der Waals surface area contributed by atoms with Crippen molar-refractivity contribution in [3.05, 3.63) is 12.2 Å². The van der Waals surface area contributed by atoms with Crippen molar-refractivity contribution in [2.24, 2.45) is 11.8 Å². The van der Waals surface area contributed by atoms with Crippen molar-refractivity contribution in [2.75, 3.05) is 0 Å². The van der Waals surface area contributed by atoms with Crippen molar-refractivity contribution in [3.63, 3.8) is 0 Å². The summed E-state index contributed by atoms with van der Waals surface area (Å²) in [5.74, 6) is 1.65. The van der Waals surface area contributed by atoms with E-state index in [-0.39, 0.29) is 0 Å². The summed E-state index contributed by atoms with van der Waals surface area (Å²) in [4.78, 5) is 0. The van der Waals surface area contributed by atoms with Gasteiger partial charge in [0.1, 0.15) is 0 Å². The van der Waals surface area contributed by atoms with Gasteiger partial charge in [-0.2, -0.15) is 0 Å². The van der Waals surface area contributed by atoms with Crippen LogP contribution in [0.5, 0.6) is 0 Å². The second kappa shape index (κ2) is 0.868. The predicted octanol–water partition coefficient (Wildman–Crippen LogP) is 1.83. The molecule has 0 heteroatoms. The summed E-state index contributed by atoms with van der Waals surface area (Å²) < 4.78 is 0. The van der Waals surface area contributed by atoms with Crippen molar-refractivity contribution >= 4 is 0 Å². The molecule has 1 saturated carbocycles. The van der Waals surface area contributed by atoms with Crippen LogP contribution in [0.4, 0.5) is 0 Å². The summed E-state index contributed by atoms with van der Waals surface area (Å²) >= 11 is 0. The van der Waals surface area contributed by atoms with E-state index < -0.39 is 0 Å². The molecule has 0 unspecified atom stereocenters. The summed E-state index contributed by atoms with van der Waals surface area (Å²) in [7, 11) is 0. The molecule has 0 nitrogen and oxygen atoms in total. The van der Waals surface area contributed by atoms with Gasteiger partial charge in [0.05, 0.1) is 0 Å². The molecule has 0 aromatic heterocycles. The van der Waals surface area contributed by atoms with Crippen molar-refractivity contribution in [2.45, 2.75) is 13.8 Å². The van der Waals surface area contributed by atoms with Gasteiger partial charge in [-0.05, 0) is 11.8 Å². The Balaban J connectivity index is 2.51. The van der Waals surface area contributed by atoms with Crippen molar-refractivity contribution < 1.29 is 0 Å². The van der Waals surface area contributed by atoms with E-state index in [0.29, 0.717) is 0 Å². The number of rotatable bonds is 0. The minimum Gasteiger partial charge on any atom is -0.0993 e. The molecule has 0 spiro atoms. The van der Waals surface area contributed by atoms with Crippen molar-refractivity contribution in [3.8, 4) is 0 Å². The maximum Gasteiger partial charge on any atom is -0.0168 e. The van der Waals surface area contributed by atoms with Gasteiger partial charge in [0.15, 0.2) is 0 Å². The second-order valence-electron chi connectivity index (χ2n) is 2.15. The Bertz CT molecular complexity index is 72.0. The first-order chi connectivity index (χ1) is 2.73. The topological polar surface area (TPSA) is 0 Å². The minimum atomic E-state index is 0.824. The van der Waals surface area contributed by atoms with Crippen LogP contribution in [-0.2, 0) is 0 Å². The van der Waals surface area contributed by atoms with Crippen LogP contribution in [0.2, 0.25) is 0 Å². The third kappa shape index (κ3) is 0.296. The van der Waals surface area contributed by atoms with Gasteiger partial charge in [-0.15, -0.1) is 0 Å². The molecule has 1 fully saturated rings. The zero-order valence-electron chi connectivity index (χ0n) is 4.36. The lowest BCUT2D eigenvalue weighted by atomic mass is 10.4. The Hall–Kier alpha value is -0.260. The van der Waals surface area contributed by atoms with Crippen LogP contribution in [0, 0.1) is 11.8 Å². The van der Waals surface area contributed by atoms with Gasteiger partial charge >= 0.3 is 0 Å². The summed E-state index contributed by atoms with van der Waals surface area (Å²) in [5, 5.41) is 0. The van der Waals surface area contributed by atoms with Crippen LogP contribution < -0.4 is 0 Å². The maximum absolute atomic E-state index is 3.83. The molecule has 0 amide bonds. The quantitative estimate of drug-likeness (QED) is 0.391. The maximum atomic E-state index is 3.83. The first-order valence-electron chi connectivity index (χ1n) is 2.42. The number of allylic oxidation sites excluding steroid dienone is 1. The van der Waals surface area contributed by atoms with Gasteiger partial charge in [-0.3, -0.25) is 0 Å². The molecule has 0 radical (unpaired) electrons. The molecule has 1 aliphatic rings. The molecule has 0 bridgehead atoms. The Labute approximate surface area is 38.9 Å². The fourth-order valence-corrected chi connectivity index (χ4v) is 0.654. The summed E-state index contributed by atoms with van der Waals surface area (Å²) in [6.07, 6.45) is 0. The molecule has 0 saturated heterocycles. The average molecular weight is 82.1 g/mol. The highest BCUT2D eigenvalue weighted by molar-refractivity contribution is 5.22. The van der Waals surface area contributed by atoms with E-state index in [4.69, 9.17) is 0 Å². The van der Waals surface area contributed by atoms with Crippen LogP contribution >= 0.6 is 0 Å². The standard InChI is InChI=1S/C6H10/c1-4-5(2)6(4)3/h5-6H,1H2,2-3H3/t5-,6+. The molecule has 1 aliphatic carbocycles. The highest BCUT2D eigenvalue weighted by atomic mass is 14.4. The van der Waals surface area contributed by atoms with Gasteiger partial charge < -0.3 is 0 Å². The first-order valence-corrected chi connectivity index (χ1v) is 2.42. The first kappa shape index (κ1) is 3.91. The van der Waals surface area contributed by atoms with E-state index in [1.165, 1.54) is 5.57 Å². The molecule has 1 rings (SSSR count). The molecule has 0 aromatic carbocycles. The van der Waals surface area contributed by atoms with Crippen LogP contribution in [0.1, 0.15) is 13.8 Å². The lowest BCUT2D eigenvalue weighted by Crippen LogP contribution is -1.58. The summed E-state index contributed by atoms with van der Waals surface area (Å²) in [5.41, 5.74) is 1.43. The molecule has 34 valence electrons. The fraction of sp³-hybridized carbons (Fsp3) is 0.667. The summed E-state index contributed by atoms with van der Waals surface area (Å²) in [6, 6.07) is 0. The zero-order valence-corrected chi connectivity index (χ0v) is 4.36. The van der Waals surface area contributed by atoms with E-state index in [2.05, 4.69) is 20.4 Å². The summed E-state index contributed by atoms with van der Waals surface area (Å²) in [6.45, 7) is 8.26. The monoisotopic (exact) mass is 82.1 g/mol. The Kier molecular flexibility index (Phi) is 0.566. The lowest BCUT2D eigenvalue weighted by molar-refractivity contribution is 0.834. The molecule has 0 heterocycles. The Morgan fingerprint density at radius 1 is 1.33 bits per heavy atom. The van der Waals surface area contributed by atoms with E-state index >= 15 is 0 Å². The van der Waals surface area contributed by atoms with Crippen LogP contribution in [-0.4, -0.2) is 0 Å². The Morgan fingerprint density at radius 3 is 1.50 bits per heavy atom. The molecule has 0 aliphatic heterocycles.